The van der Waals surface area contributed by atoms with Gasteiger partial charge in [0.2, 0.25) is 0 Å². The molecule has 19 heavy (non-hydrogen) atoms. The molecule has 1 N–H and O–H groups in total. The molecule has 2 aromatic rings. The molecule has 1 aliphatic heterocycles. The van der Waals surface area contributed by atoms with E-state index in [4.69, 9.17) is 4.74 Å². The van der Waals surface area contributed by atoms with Crippen molar-refractivity contribution in [3.63, 3.8) is 0 Å². The smallest absolute Gasteiger partial charge is 0.128 e. The lowest BCUT2D eigenvalue weighted by molar-refractivity contribution is 0.118. The van der Waals surface area contributed by atoms with Crippen molar-refractivity contribution in [2.75, 3.05) is 5.32 Å². The van der Waals surface area contributed by atoms with Crippen molar-refractivity contribution in [2.45, 2.75) is 32.4 Å². The molecule has 1 heterocycles. The van der Waals surface area contributed by atoms with Gasteiger partial charge in [0.05, 0.1) is 6.04 Å². The Labute approximate surface area is 114 Å². The number of aryl methyl sites for hydroxylation is 1. The van der Waals surface area contributed by atoms with Gasteiger partial charge < -0.3 is 10.1 Å². The van der Waals surface area contributed by atoms with Gasteiger partial charge in [-0.1, -0.05) is 30.3 Å². The Morgan fingerprint density at radius 3 is 2.63 bits per heavy atom. The molecule has 0 saturated carbocycles. The summed E-state index contributed by atoms with van der Waals surface area (Å²) in [5.74, 6) is 0.984. The zero-order valence-corrected chi connectivity index (χ0v) is 11.6. The van der Waals surface area contributed by atoms with Gasteiger partial charge in [0.15, 0.2) is 0 Å². The van der Waals surface area contributed by atoms with Gasteiger partial charge in [0, 0.05) is 11.3 Å². The van der Waals surface area contributed by atoms with Crippen LogP contribution in [0.3, 0.4) is 0 Å². The molecule has 3 rings (SSSR count). The Morgan fingerprint density at radius 2 is 1.84 bits per heavy atom. The Bertz CT molecular complexity index is 604. The largest absolute Gasteiger partial charge is 0.485 e. The van der Waals surface area contributed by atoms with E-state index in [1.807, 2.05) is 12.1 Å². The first-order chi connectivity index (χ1) is 9.06. The van der Waals surface area contributed by atoms with E-state index in [9.17, 15) is 0 Å². The molecule has 2 heteroatoms. The molecule has 0 saturated heterocycles. The lowest BCUT2D eigenvalue weighted by Gasteiger charge is -2.28. The Kier molecular flexibility index (Phi) is 2.74. The lowest BCUT2D eigenvalue weighted by atomic mass is 9.94. The van der Waals surface area contributed by atoms with Gasteiger partial charge in [-0.15, -0.1) is 0 Å². The topological polar surface area (TPSA) is 21.3 Å². The Balaban J connectivity index is 1.95. The van der Waals surface area contributed by atoms with Crippen LogP contribution in [-0.4, -0.2) is 5.60 Å². The van der Waals surface area contributed by atoms with Crippen LogP contribution in [0.15, 0.2) is 48.5 Å². The number of rotatable bonds is 2. The van der Waals surface area contributed by atoms with E-state index in [0.29, 0.717) is 0 Å². The molecule has 1 atom stereocenters. The zero-order valence-electron chi connectivity index (χ0n) is 11.6. The van der Waals surface area contributed by atoms with E-state index in [1.54, 1.807) is 0 Å². The third-order valence-electron chi connectivity index (χ3n) is 3.63. The van der Waals surface area contributed by atoms with Crippen molar-refractivity contribution in [1.82, 2.24) is 0 Å². The molecule has 98 valence electrons. The van der Waals surface area contributed by atoms with Crippen molar-refractivity contribution in [3.8, 4) is 5.75 Å². The molecule has 0 radical (unpaired) electrons. The monoisotopic (exact) mass is 253 g/mol. The van der Waals surface area contributed by atoms with E-state index in [1.165, 1.54) is 11.1 Å². The van der Waals surface area contributed by atoms with Gasteiger partial charge in [0.25, 0.3) is 0 Å². The van der Waals surface area contributed by atoms with Crippen LogP contribution in [0.25, 0.3) is 0 Å². The first kappa shape index (κ1) is 12.1. The molecule has 0 fully saturated rings. The summed E-state index contributed by atoms with van der Waals surface area (Å²) in [4.78, 5) is 0. The maximum absolute atomic E-state index is 6.05. The van der Waals surface area contributed by atoms with Crippen LogP contribution in [0, 0.1) is 6.92 Å². The second-order valence-corrected chi connectivity index (χ2v) is 5.69. The highest BCUT2D eigenvalue weighted by atomic mass is 16.5. The highest BCUT2D eigenvalue weighted by molar-refractivity contribution is 5.52. The minimum Gasteiger partial charge on any atom is -0.485 e. The van der Waals surface area contributed by atoms with Gasteiger partial charge in [-0.05, 0) is 44.5 Å². The number of ether oxygens (including phenoxy) is 1. The predicted octanol–water partition coefficient (Wildman–Crippen LogP) is 4.32. The maximum atomic E-state index is 6.05. The number of benzene rings is 2. The fraction of sp³-hybridized carbons (Fsp3) is 0.294. The predicted molar refractivity (Wildman–Crippen MR) is 78.7 cm³/mol. The minimum absolute atomic E-state index is 0.172. The third-order valence-corrected chi connectivity index (χ3v) is 3.63. The molecule has 0 aromatic heterocycles. The van der Waals surface area contributed by atoms with Crippen LogP contribution < -0.4 is 10.1 Å². The fourth-order valence-electron chi connectivity index (χ4n) is 2.68. The van der Waals surface area contributed by atoms with E-state index in [0.717, 1.165) is 11.4 Å². The summed E-state index contributed by atoms with van der Waals surface area (Å²) < 4.78 is 6.05. The van der Waals surface area contributed by atoms with Crippen molar-refractivity contribution < 1.29 is 4.74 Å². The van der Waals surface area contributed by atoms with Crippen LogP contribution in [0.4, 0.5) is 5.69 Å². The summed E-state index contributed by atoms with van der Waals surface area (Å²) in [6, 6.07) is 16.9. The highest BCUT2D eigenvalue weighted by Gasteiger charge is 2.40. The van der Waals surface area contributed by atoms with Crippen LogP contribution in [0.5, 0.6) is 5.75 Å². The summed E-state index contributed by atoms with van der Waals surface area (Å²) in [5, 5.41) is 3.60. The zero-order chi connectivity index (χ0) is 13.5. The van der Waals surface area contributed by atoms with Crippen LogP contribution >= 0.6 is 0 Å². The minimum atomic E-state index is -0.243. The summed E-state index contributed by atoms with van der Waals surface area (Å²) in [6.45, 7) is 6.36. The summed E-state index contributed by atoms with van der Waals surface area (Å²) in [5.41, 5.74) is 3.38. The van der Waals surface area contributed by atoms with Gasteiger partial charge in [-0.2, -0.15) is 0 Å². The Morgan fingerprint density at radius 1 is 1.05 bits per heavy atom. The quantitative estimate of drug-likeness (QED) is 0.860. The molecular weight excluding hydrogens is 234 g/mol. The average molecular weight is 253 g/mol. The van der Waals surface area contributed by atoms with Crippen LogP contribution in [-0.2, 0) is 0 Å². The number of hydrogen-bond acceptors (Lipinski definition) is 2. The van der Waals surface area contributed by atoms with E-state index in [-0.39, 0.29) is 11.6 Å². The van der Waals surface area contributed by atoms with E-state index >= 15 is 0 Å². The van der Waals surface area contributed by atoms with E-state index in [2.05, 4.69) is 62.5 Å². The number of anilines is 1. The molecule has 0 aliphatic carbocycles. The standard InChI is InChI=1S/C17H19NO/c1-12-7-6-8-13(11-12)18-16-14-9-4-5-10-15(14)19-17(16,2)3/h4-11,16,18H,1-3H3. The van der Waals surface area contributed by atoms with Crippen LogP contribution in [0.1, 0.15) is 31.0 Å². The molecule has 1 aliphatic rings. The summed E-state index contributed by atoms with van der Waals surface area (Å²) in [6.07, 6.45) is 0. The molecule has 1 unspecified atom stereocenters. The normalized spacial score (nSPS) is 19.6. The molecular formula is C17H19NO. The summed E-state index contributed by atoms with van der Waals surface area (Å²) >= 11 is 0. The first-order valence-corrected chi connectivity index (χ1v) is 6.67. The van der Waals surface area contributed by atoms with Gasteiger partial charge in [0.1, 0.15) is 11.4 Å². The second-order valence-electron chi connectivity index (χ2n) is 5.69. The van der Waals surface area contributed by atoms with Crippen LogP contribution in [0.2, 0.25) is 0 Å². The fourth-order valence-corrected chi connectivity index (χ4v) is 2.68. The second kappa shape index (κ2) is 4.30. The molecule has 0 amide bonds. The maximum Gasteiger partial charge on any atom is 0.128 e. The van der Waals surface area contributed by atoms with Gasteiger partial charge in [-0.25, -0.2) is 0 Å². The van der Waals surface area contributed by atoms with Gasteiger partial charge >= 0.3 is 0 Å². The third kappa shape index (κ3) is 2.19. The first-order valence-electron chi connectivity index (χ1n) is 6.67. The summed E-state index contributed by atoms with van der Waals surface area (Å²) in [7, 11) is 0. The van der Waals surface area contributed by atoms with Gasteiger partial charge in [-0.3, -0.25) is 0 Å². The van der Waals surface area contributed by atoms with Crippen molar-refractivity contribution in [3.05, 3.63) is 59.7 Å². The molecule has 0 bridgehead atoms. The SMILES string of the molecule is Cc1cccc(NC2c3ccccc3OC2(C)C)c1. The number of fused-ring (bicyclic) bond motifs is 1. The molecule has 0 spiro atoms. The van der Waals surface area contributed by atoms with E-state index < -0.39 is 0 Å². The lowest BCUT2D eigenvalue weighted by Crippen LogP contribution is -2.34. The van der Waals surface area contributed by atoms with Crippen molar-refractivity contribution >= 4 is 5.69 Å². The highest BCUT2D eigenvalue weighted by Crippen LogP contribution is 2.44. The number of hydrogen-bond donors (Lipinski definition) is 1. The average Bonchev–Trinajstić information content (AvgIpc) is 2.61. The van der Waals surface area contributed by atoms with Crippen molar-refractivity contribution in [1.29, 1.82) is 0 Å². The number of para-hydroxylation sites is 1. The Hall–Kier alpha value is -1.96. The molecule has 2 aromatic carbocycles. The number of nitrogens with one attached hydrogen (secondary N) is 1. The molecule has 2 nitrogen and oxygen atoms in total. The van der Waals surface area contributed by atoms with Crippen molar-refractivity contribution in [2.24, 2.45) is 0 Å².